The number of quaternary nitrogens is 1. The Balaban J connectivity index is 1.94. The standard InChI is InChI=1S/C25H28N4O5/c1-15-21(28-11-7-6-8-19(28)26-15)23(30)20-22(16-9-10-17(33-4)18(14-16)34-5)29(13-12-27(2)3)25(32)24(20)31/h6-11,14,22,30H,12-13H2,1-5H3/b23-20+. The summed E-state index contributed by atoms with van der Waals surface area (Å²) in [5.74, 6) is -1.02. The lowest BCUT2D eigenvalue weighted by Crippen LogP contribution is -3.06. The summed E-state index contributed by atoms with van der Waals surface area (Å²) in [6, 6.07) is 9.72. The maximum atomic E-state index is 13.9. The summed E-state index contributed by atoms with van der Waals surface area (Å²) in [7, 11) is 6.97. The summed E-state index contributed by atoms with van der Waals surface area (Å²) in [6.45, 7) is 2.65. The van der Waals surface area contributed by atoms with E-state index in [0.29, 0.717) is 41.5 Å². The number of benzene rings is 1. The number of pyridine rings is 1. The molecule has 1 unspecified atom stereocenters. The number of aryl methyl sites for hydroxylation is 1. The van der Waals surface area contributed by atoms with Gasteiger partial charge in [0.25, 0.3) is 5.91 Å². The largest absolute Gasteiger partial charge is 0.871 e. The van der Waals surface area contributed by atoms with Crippen LogP contribution in [0.25, 0.3) is 11.4 Å². The van der Waals surface area contributed by atoms with Crippen LogP contribution in [0.2, 0.25) is 0 Å². The number of fused-ring (bicyclic) bond motifs is 1. The van der Waals surface area contributed by atoms with Crippen molar-refractivity contribution in [3.8, 4) is 11.5 Å². The van der Waals surface area contributed by atoms with Crippen LogP contribution in [0.4, 0.5) is 0 Å². The van der Waals surface area contributed by atoms with Gasteiger partial charge in [0.15, 0.2) is 11.5 Å². The molecule has 0 aliphatic carbocycles. The summed E-state index contributed by atoms with van der Waals surface area (Å²) in [5.41, 5.74) is 1.88. The minimum absolute atomic E-state index is 0.0836. The normalized spacial score (nSPS) is 17.7. The van der Waals surface area contributed by atoms with Gasteiger partial charge in [0.1, 0.15) is 5.65 Å². The van der Waals surface area contributed by atoms with Gasteiger partial charge in [0, 0.05) is 11.8 Å². The van der Waals surface area contributed by atoms with Crippen molar-refractivity contribution in [2.24, 2.45) is 0 Å². The molecule has 0 bridgehead atoms. The van der Waals surface area contributed by atoms with Gasteiger partial charge in [-0.15, -0.1) is 0 Å². The van der Waals surface area contributed by atoms with E-state index in [1.807, 2.05) is 20.2 Å². The first-order chi connectivity index (χ1) is 16.3. The highest BCUT2D eigenvalue weighted by Crippen LogP contribution is 2.41. The molecule has 1 aliphatic rings. The topological polar surface area (TPSA) is 101 Å². The van der Waals surface area contributed by atoms with E-state index in [1.165, 1.54) is 19.1 Å². The molecule has 9 heteroatoms. The van der Waals surface area contributed by atoms with Crippen molar-refractivity contribution >= 4 is 23.1 Å². The van der Waals surface area contributed by atoms with Crippen molar-refractivity contribution in [1.82, 2.24) is 14.3 Å². The Bertz CT molecular complexity index is 1290. The number of carbonyl (C=O) groups is 2. The van der Waals surface area contributed by atoms with Gasteiger partial charge in [-0.25, -0.2) is 4.98 Å². The van der Waals surface area contributed by atoms with E-state index in [1.54, 1.807) is 47.9 Å². The number of likely N-dealkylation sites (N-methyl/N-ethyl adjacent to an activating group) is 1. The fraction of sp³-hybridized carbons (Fsp3) is 0.320. The molecule has 34 heavy (non-hydrogen) atoms. The van der Waals surface area contributed by atoms with Crippen molar-refractivity contribution in [1.29, 1.82) is 0 Å². The number of rotatable bonds is 7. The van der Waals surface area contributed by atoms with Gasteiger partial charge in [0.05, 0.1) is 58.8 Å². The number of ether oxygens (including phenoxy) is 2. The van der Waals surface area contributed by atoms with Crippen LogP contribution in [0.3, 0.4) is 0 Å². The Hall–Kier alpha value is -3.85. The van der Waals surface area contributed by atoms with Gasteiger partial charge in [-0.3, -0.25) is 9.59 Å². The van der Waals surface area contributed by atoms with Crippen molar-refractivity contribution < 1.29 is 29.1 Å². The summed E-state index contributed by atoms with van der Waals surface area (Å²) in [4.78, 5) is 33.4. The zero-order chi connectivity index (χ0) is 24.6. The second kappa shape index (κ2) is 9.18. The third-order valence-corrected chi connectivity index (χ3v) is 6.02. The van der Waals surface area contributed by atoms with E-state index >= 15 is 0 Å². The number of imidazole rings is 1. The molecule has 3 heterocycles. The van der Waals surface area contributed by atoms with Crippen molar-refractivity contribution in [2.45, 2.75) is 13.0 Å². The molecule has 1 aromatic carbocycles. The monoisotopic (exact) mass is 464 g/mol. The van der Waals surface area contributed by atoms with E-state index in [9.17, 15) is 14.7 Å². The number of nitrogens with zero attached hydrogens (tertiary/aromatic N) is 3. The van der Waals surface area contributed by atoms with E-state index < -0.39 is 23.5 Å². The zero-order valence-electron chi connectivity index (χ0n) is 19.9. The lowest BCUT2D eigenvalue weighted by Gasteiger charge is -2.28. The number of hydrogen-bond donors (Lipinski definition) is 1. The highest BCUT2D eigenvalue weighted by atomic mass is 16.5. The quantitative estimate of drug-likeness (QED) is 0.301. The van der Waals surface area contributed by atoms with Gasteiger partial charge in [-0.2, -0.15) is 0 Å². The molecule has 1 N–H and O–H groups in total. The maximum Gasteiger partial charge on any atom is 0.295 e. The zero-order valence-corrected chi connectivity index (χ0v) is 19.9. The highest BCUT2D eigenvalue weighted by molar-refractivity contribution is 6.46. The molecule has 1 aliphatic heterocycles. The van der Waals surface area contributed by atoms with Crippen LogP contribution in [0, 0.1) is 6.92 Å². The van der Waals surface area contributed by atoms with Crippen LogP contribution in [0.1, 0.15) is 23.0 Å². The van der Waals surface area contributed by atoms with Gasteiger partial charge < -0.3 is 28.8 Å². The number of likely N-dealkylation sites (tertiary alicyclic amines) is 1. The second-order valence-electron chi connectivity index (χ2n) is 8.52. The number of ketones is 1. The number of carbonyl (C=O) groups excluding carboxylic acids is 2. The molecule has 1 fully saturated rings. The molecule has 2 aromatic heterocycles. The molecule has 0 radical (unpaired) electrons. The molecule has 0 spiro atoms. The third-order valence-electron chi connectivity index (χ3n) is 6.02. The van der Waals surface area contributed by atoms with Gasteiger partial charge >= 0.3 is 0 Å². The molecule has 0 saturated carbocycles. The fourth-order valence-electron chi connectivity index (χ4n) is 4.33. The first-order valence-electron chi connectivity index (χ1n) is 11.0. The van der Waals surface area contributed by atoms with Crippen LogP contribution in [0.15, 0.2) is 48.2 Å². The average Bonchev–Trinajstić information content (AvgIpc) is 3.29. The summed E-state index contributed by atoms with van der Waals surface area (Å²) in [5, 5.41) is 13.9. The molecular formula is C25H28N4O5. The number of methoxy groups -OCH3 is 2. The highest BCUT2D eigenvalue weighted by Gasteiger charge is 2.45. The van der Waals surface area contributed by atoms with Crippen molar-refractivity contribution in [3.05, 3.63) is 65.1 Å². The maximum absolute atomic E-state index is 13.9. The number of amides is 1. The minimum Gasteiger partial charge on any atom is -0.871 e. The smallest absolute Gasteiger partial charge is 0.295 e. The molecule has 1 amide bonds. The molecular weight excluding hydrogens is 436 g/mol. The van der Waals surface area contributed by atoms with E-state index in [4.69, 9.17) is 9.47 Å². The Labute approximate surface area is 197 Å². The van der Waals surface area contributed by atoms with E-state index in [0.717, 1.165) is 4.90 Å². The Morgan fingerprint density at radius 1 is 1.12 bits per heavy atom. The molecule has 1 saturated heterocycles. The van der Waals surface area contributed by atoms with Crippen molar-refractivity contribution in [2.75, 3.05) is 41.4 Å². The molecule has 9 nitrogen and oxygen atoms in total. The lowest BCUT2D eigenvalue weighted by molar-refractivity contribution is -0.857. The summed E-state index contributed by atoms with van der Waals surface area (Å²) >= 11 is 0. The van der Waals surface area contributed by atoms with E-state index in [-0.39, 0.29) is 11.3 Å². The van der Waals surface area contributed by atoms with Gasteiger partial charge in [-0.1, -0.05) is 17.9 Å². The van der Waals surface area contributed by atoms with Crippen LogP contribution in [-0.2, 0) is 9.59 Å². The first-order valence-corrected chi connectivity index (χ1v) is 11.0. The predicted molar refractivity (Wildman–Crippen MR) is 124 cm³/mol. The lowest BCUT2D eigenvalue weighted by atomic mass is 9.96. The fourth-order valence-corrected chi connectivity index (χ4v) is 4.33. The molecule has 4 rings (SSSR count). The van der Waals surface area contributed by atoms with Crippen LogP contribution in [-0.4, -0.2) is 67.4 Å². The Kier molecular flexibility index (Phi) is 6.30. The Morgan fingerprint density at radius 2 is 1.85 bits per heavy atom. The van der Waals surface area contributed by atoms with E-state index in [2.05, 4.69) is 4.98 Å². The summed E-state index contributed by atoms with van der Waals surface area (Å²) < 4.78 is 12.4. The third kappa shape index (κ3) is 3.88. The Morgan fingerprint density at radius 3 is 2.53 bits per heavy atom. The number of aromatic nitrogens is 2. The van der Waals surface area contributed by atoms with Crippen LogP contribution >= 0.6 is 0 Å². The average molecular weight is 465 g/mol. The predicted octanol–water partition coefficient (Wildman–Crippen LogP) is 0.0284. The number of nitrogens with one attached hydrogen (secondary N) is 1. The minimum atomic E-state index is -0.847. The van der Waals surface area contributed by atoms with Crippen LogP contribution in [0.5, 0.6) is 11.5 Å². The molecule has 3 aromatic rings. The number of hydrogen-bond acceptors (Lipinski definition) is 6. The molecule has 1 atom stereocenters. The van der Waals surface area contributed by atoms with Gasteiger partial charge in [-0.05, 0) is 36.8 Å². The second-order valence-corrected chi connectivity index (χ2v) is 8.52. The van der Waals surface area contributed by atoms with Crippen LogP contribution < -0.4 is 19.5 Å². The first kappa shape index (κ1) is 23.3. The van der Waals surface area contributed by atoms with Crippen molar-refractivity contribution in [3.63, 3.8) is 0 Å². The summed E-state index contributed by atoms with van der Waals surface area (Å²) in [6.07, 6.45) is 1.73. The SMILES string of the molecule is COc1ccc(C2/C(=C(\[O-])c3c(C)nc4ccccn34)C(=O)C(=O)N2CC[NH+](C)C)cc1OC. The molecule has 178 valence electrons. The van der Waals surface area contributed by atoms with Gasteiger partial charge in [0.2, 0.25) is 5.78 Å². The number of Topliss-reactive ketones (excluding diaryl/α,β-unsaturated/α-hetero) is 1.